The van der Waals surface area contributed by atoms with Crippen LogP contribution in [-0.4, -0.2) is 36.3 Å². The highest BCUT2D eigenvalue weighted by Gasteiger charge is 2.49. The summed E-state index contributed by atoms with van der Waals surface area (Å²) in [5.41, 5.74) is 2.75. The lowest BCUT2D eigenvalue weighted by molar-refractivity contribution is -0.117. The van der Waals surface area contributed by atoms with Crippen molar-refractivity contribution < 1.29 is 9.59 Å². The van der Waals surface area contributed by atoms with Gasteiger partial charge in [-0.15, -0.1) is 0 Å². The lowest BCUT2D eigenvalue weighted by Crippen LogP contribution is -2.65. The van der Waals surface area contributed by atoms with Crippen molar-refractivity contribution in [1.29, 1.82) is 0 Å². The van der Waals surface area contributed by atoms with E-state index in [9.17, 15) is 9.59 Å². The van der Waals surface area contributed by atoms with Crippen molar-refractivity contribution >= 4 is 29.1 Å². The monoisotopic (exact) mass is 354 g/mol. The molecule has 2 aliphatic rings. The van der Waals surface area contributed by atoms with Crippen LogP contribution in [-0.2, 0) is 11.2 Å². The van der Waals surface area contributed by atoms with E-state index in [-0.39, 0.29) is 17.2 Å². The first kappa shape index (κ1) is 16.2. The number of fused-ring (bicyclic) bond motifs is 1. The first-order valence-electron chi connectivity index (χ1n) is 8.38. The highest BCUT2D eigenvalue weighted by Crippen LogP contribution is 2.43. The average molecular weight is 355 g/mol. The molecule has 2 aliphatic heterocycles. The summed E-state index contributed by atoms with van der Waals surface area (Å²) < 4.78 is 0. The number of halogens is 1. The molecule has 0 aromatic heterocycles. The van der Waals surface area contributed by atoms with Crippen LogP contribution >= 0.6 is 11.6 Å². The summed E-state index contributed by atoms with van der Waals surface area (Å²) in [5.74, 6) is 0.0486. The number of rotatable bonds is 1. The SMILES string of the molecule is CC(=O)N1CC2(Cc3ccccc31)CN(C(=O)c1cccc(Cl)c1)C2. The van der Waals surface area contributed by atoms with Crippen molar-refractivity contribution in [3.63, 3.8) is 0 Å². The molecule has 1 spiro atoms. The largest absolute Gasteiger partial charge is 0.337 e. The summed E-state index contributed by atoms with van der Waals surface area (Å²) in [4.78, 5) is 28.4. The third kappa shape index (κ3) is 2.81. The number of para-hydroxylation sites is 1. The standard InChI is InChI=1S/C20H19ClN2O2/c1-14(24)23-13-20(10-16-5-2-3-8-18(16)23)11-22(12-20)19(25)15-6-4-7-17(21)9-15/h2-9H,10-13H2,1H3. The van der Waals surface area contributed by atoms with Gasteiger partial charge in [-0.25, -0.2) is 0 Å². The zero-order valence-electron chi connectivity index (χ0n) is 14.0. The van der Waals surface area contributed by atoms with E-state index in [0.717, 1.165) is 12.1 Å². The predicted octanol–water partition coefficient (Wildman–Crippen LogP) is 3.39. The maximum Gasteiger partial charge on any atom is 0.253 e. The van der Waals surface area contributed by atoms with E-state index in [2.05, 4.69) is 6.07 Å². The summed E-state index contributed by atoms with van der Waals surface area (Å²) in [5, 5.41) is 0.565. The van der Waals surface area contributed by atoms with Crippen molar-refractivity contribution in [3.05, 3.63) is 64.7 Å². The molecule has 0 radical (unpaired) electrons. The van der Waals surface area contributed by atoms with Crippen LogP contribution in [0, 0.1) is 5.41 Å². The van der Waals surface area contributed by atoms with Gasteiger partial charge in [0.15, 0.2) is 0 Å². The van der Waals surface area contributed by atoms with Gasteiger partial charge in [-0.1, -0.05) is 35.9 Å². The van der Waals surface area contributed by atoms with E-state index in [1.807, 2.05) is 28.0 Å². The second-order valence-corrected chi connectivity index (χ2v) is 7.52. The molecule has 0 saturated carbocycles. The Morgan fingerprint density at radius 2 is 1.80 bits per heavy atom. The molecule has 1 saturated heterocycles. The Morgan fingerprint density at radius 3 is 2.52 bits per heavy atom. The molecule has 0 bridgehead atoms. The fourth-order valence-corrected chi connectivity index (χ4v) is 4.20. The molecule has 4 nitrogen and oxygen atoms in total. The fraction of sp³-hybridized carbons (Fsp3) is 0.300. The summed E-state index contributed by atoms with van der Waals surface area (Å²) in [6.45, 7) is 3.59. The van der Waals surface area contributed by atoms with Gasteiger partial charge in [-0.3, -0.25) is 9.59 Å². The summed E-state index contributed by atoms with van der Waals surface area (Å²) in [7, 11) is 0. The van der Waals surface area contributed by atoms with Crippen LogP contribution < -0.4 is 4.90 Å². The van der Waals surface area contributed by atoms with Crippen molar-refractivity contribution in [2.75, 3.05) is 24.5 Å². The van der Waals surface area contributed by atoms with E-state index >= 15 is 0 Å². The van der Waals surface area contributed by atoms with Gasteiger partial charge in [0.25, 0.3) is 5.91 Å². The van der Waals surface area contributed by atoms with Gasteiger partial charge in [-0.05, 0) is 36.2 Å². The molecule has 25 heavy (non-hydrogen) atoms. The number of hydrogen-bond acceptors (Lipinski definition) is 2. The second-order valence-electron chi connectivity index (χ2n) is 7.08. The van der Waals surface area contributed by atoms with Crippen LogP contribution in [0.2, 0.25) is 5.02 Å². The molecule has 2 amide bonds. The van der Waals surface area contributed by atoms with Gasteiger partial charge in [0.2, 0.25) is 5.91 Å². The number of nitrogens with zero attached hydrogens (tertiary/aromatic N) is 2. The highest BCUT2D eigenvalue weighted by molar-refractivity contribution is 6.30. The molecule has 1 fully saturated rings. The Kier molecular flexibility index (Phi) is 3.80. The first-order chi connectivity index (χ1) is 12.0. The Bertz CT molecular complexity index is 858. The van der Waals surface area contributed by atoms with E-state index in [1.54, 1.807) is 31.2 Å². The third-order valence-electron chi connectivity index (χ3n) is 5.13. The lowest BCUT2D eigenvalue weighted by Gasteiger charge is -2.54. The highest BCUT2D eigenvalue weighted by atomic mass is 35.5. The van der Waals surface area contributed by atoms with Crippen LogP contribution in [0.25, 0.3) is 0 Å². The number of amides is 2. The van der Waals surface area contributed by atoms with Crippen LogP contribution in [0.1, 0.15) is 22.8 Å². The minimum Gasteiger partial charge on any atom is -0.337 e. The van der Waals surface area contributed by atoms with Crippen molar-refractivity contribution in [3.8, 4) is 0 Å². The molecule has 0 aliphatic carbocycles. The van der Waals surface area contributed by atoms with Crippen LogP contribution in [0.3, 0.4) is 0 Å². The number of likely N-dealkylation sites (tertiary alicyclic amines) is 1. The minimum absolute atomic E-state index is 0.00126. The Morgan fingerprint density at radius 1 is 1.04 bits per heavy atom. The fourth-order valence-electron chi connectivity index (χ4n) is 4.01. The summed E-state index contributed by atoms with van der Waals surface area (Å²) in [6, 6.07) is 15.1. The lowest BCUT2D eigenvalue weighted by atomic mass is 9.71. The number of benzene rings is 2. The molecule has 0 unspecified atom stereocenters. The van der Waals surface area contributed by atoms with Gasteiger partial charge < -0.3 is 9.80 Å². The molecule has 0 atom stereocenters. The van der Waals surface area contributed by atoms with E-state index in [4.69, 9.17) is 11.6 Å². The quantitative estimate of drug-likeness (QED) is 0.787. The van der Waals surface area contributed by atoms with Crippen LogP contribution in [0.5, 0.6) is 0 Å². The summed E-state index contributed by atoms with van der Waals surface area (Å²) in [6.07, 6.45) is 0.895. The molecule has 2 heterocycles. The van der Waals surface area contributed by atoms with E-state index in [0.29, 0.717) is 30.2 Å². The topological polar surface area (TPSA) is 40.6 Å². The Hall–Kier alpha value is -2.33. The van der Waals surface area contributed by atoms with Crippen molar-refractivity contribution in [2.45, 2.75) is 13.3 Å². The maximum absolute atomic E-state index is 12.7. The van der Waals surface area contributed by atoms with Crippen LogP contribution in [0.15, 0.2) is 48.5 Å². The Balaban J connectivity index is 1.54. The van der Waals surface area contributed by atoms with Crippen molar-refractivity contribution in [2.24, 2.45) is 5.41 Å². The normalized spacial score (nSPS) is 17.8. The minimum atomic E-state index is -0.0474. The average Bonchev–Trinajstić information content (AvgIpc) is 2.58. The molecule has 2 aromatic carbocycles. The molecule has 128 valence electrons. The molecule has 5 heteroatoms. The van der Waals surface area contributed by atoms with Crippen molar-refractivity contribution in [1.82, 2.24) is 4.90 Å². The zero-order chi connectivity index (χ0) is 17.6. The Labute approximate surface area is 152 Å². The first-order valence-corrected chi connectivity index (χ1v) is 8.76. The maximum atomic E-state index is 12.7. The van der Waals surface area contributed by atoms with Gasteiger partial charge in [-0.2, -0.15) is 0 Å². The third-order valence-corrected chi connectivity index (χ3v) is 5.37. The zero-order valence-corrected chi connectivity index (χ0v) is 14.8. The number of hydrogen-bond donors (Lipinski definition) is 0. The molecule has 4 rings (SSSR count). The molecule has 2 aromatic rings. The number of anilines is 1. The molecular formula is C20H19ClN2O2. The van der Waals surface area contributed by atoms with Gasteiger partial charge in [0.05, 0.1) is 0 Å². The second kappa shape index (κ2) is 5.88. The van der Waals surface area contributed by atoms with Crippen LogP contribution in [0.4, 0.5) is 5.69 Å². The number of carbonyl (C=O) groups excluding carboxylic acids is 2. The smallest absolute Gasteiger partial charge is 0.253 e. The van der Waals surface area contributed by atoms with Gasteiger partial charge >= 0.3 is 0 Å². The summed E-state index contributed by atoms with van der Waals surface area (Å²) >= 11 is 5.99. The molecule has 0 N–H and O–H groups in total. The van der Waals surface area contributed by atoms with Gasteiger partial charge in [0, 0.05) is 48.2 Å². The van der Waals surface area contributed by atoms with E-state index < -0.39 is 0 Å². The number of carbonyl (C=O) groups is 2. The van der Waals surface area contributed by atoms with Gasteiger partial charge in [0.1, 0.15) is 0 Å². The molecular weight excluding hydrogens is 336 g/mol. The van der Waals surface area contributed by atoms with E-state index in [1.165, 1.54) is 5.56 Å². The predicted molar refractivity (Wildman–Crippen MR) is 98.0 cm³/mol.